The molecule has 5 heteroatoms. The second-order valence-corrected chi connectivity index (χ2v) is 7.47. The van der Waals surface area contributed by atoms with Gasteiger partial charge in [-0.3, -0.25) is 0 Å². The Morgan fingerprint density at radius 2 is 2.00 bits per heavy atom. The summed E-state index contributed by atoms with van der Waals surface area (Å²) in [4.78, 5) is 11.7. The average molecular weight is 326 g/mol. The molecule has 0 spiro atoms. The van der Waals surface area contributed by atoms with Crippen LogP contribution < -0.4 is 4.90 Å². The fraction of sp³-hybridized carbons (Fsp3) is 0.444. The molecular formula is C18H22N4S. The summed E-state index contributed by atoms with van der Waals surface area (Å²) < 4.78 is 3.64. The molecule has 1 saturated heterocycles. The van der Waals surface area contributed by atoms with Crippen molar-refractivity contribution in [2.75, 3.05) is 18.0 Å². The van der Waals surface area contributed by atoms with Crippen LogP contribution in [0.1, 0.15) is 23.9 Å². The molecule has 2 aromatic heterocycles. The van der Waals surface area contributed by atoms with Crippen molar-refractivity contribution in [3.05, 3.63) is 41.5 Å². The number of anilines is 1. The Morgan fingerprint density at radius 3 is 2.74 bits per heavy atom. The number of aromatic nitrogens is 3. The Morgan fingerprint density at radius 1 is 1.22 bits per heavy atom. The Bertz CT molecular complexity index is 803. The monoisotopic (exact) mass is 326 g/mol. The average Bonchev–Trinajstić information content (AvgIpc) is 3.13. The van der Waals surface area contributed by atoms with Crippen LogP contribution in [0.5, 0.6) is 0 Å². The van der Waals surface area contributed by atoms with E-state index in [1.165, 1.54) is 32.3 Å². The van der Waals surface area contributed by atoms with Gasteiger partial charge in [0.15, 0.2) is 5.13 Å². The lowest BCUT2D eigenvalue weighted by Gasteiger charge is -2.39. The van der Waals surface area contributed by atoms with Gasteiger partial charge in [-0.15, -0.1) is 0 Å². The first-order chi connectivity index (χ1) is 11.2. The van der Waals surface area contributed by atoms with E-state index in [0.29, 0.717) is 5.92 Å². The molecule has 4 nitrogen and oxygen atoms in total. The normalized spacial score (nSPS) is 15.3. The van der Waals surface area contributed by atoms with E-state index in [-0.39, 0.29) is 0 Å². The van der Waals surface area contributed by atoms with Crippen LogP contribution in [0.3, 0.4) is 0 Å². The van der Waals surface area contributed by atoms with Crippen LogP contribution in [0.4, 0.5) is 5.13 Å². The minimum atomic E-state index is 0.698. The van der Waals surface area contributed by atoms with Gasteiger partial charge in [0.25, 0.3) is 0 Å². The van der Waals surface area contributed by atoms with Gasteiger partial charge in [-0.05, 0) is 25.0 Å². The molecule has 1 aliphatic heterocycles. The van der Waals surface area contributed by atoms with E-state index in [1.807, 2.05) is 17.5 Å². The van der Waals surface area contributed by atoms with Crippen molar-refractivity contribution < 1.29 is 0 Å². The second kappa shape index (κ2) is 5.64. The number of hydrogen-bond donors (Lipinski definition) is 0. The van der Waals surface area contributed by atoms with Crippen LogP contribution in [-0.2, 0) is 13.0 Å². The minimum Gasteiger partial charge on any atom is -0.347 e. The minimum absolute atomic E-state index is 0.698. The largest absolute Gasteiger partial charge is 0.347 e. The molecule has 120 valence electrons. The summed E-state index contributed by atoms with van der Waals surface area (Å²) in [5.41, 5.74) is 3.78. The molecule has 0 unspecified atom stereocenters. The lowest BCUT2D eigenvalue weighted by Crippen LogP contribution is -2.48. The van der Waals surface area contributed by atoms with Crippen LogP contribution >= 0.6 is 11.3 Å². The maximum Gasteiger partial charge on any atom is 0.186 e. The van der Waals surface area contributed by atoms with Crippen LogP contribution in [0, 0.1) is 19.8 Å². The summed E-state index contributed by atoms with van der Waals surface area (Å²) in [6, 6.07) is 4.37. The summed E-state index contributed by atoms with van der Waals surface area (Å²) in [5.74, 6) is 1.89. The van der Waals surface area contributed by atoms with Gasteiger partial charge in [-0.2, -0.15) is 0 Å². The fourth-order valence-corrected chi connectivity index (χ4v) is 4.45. The first-order valence-corrected chi connectivity index (χ1v) is 9.09. The molecule has 0 atom stereocenters. The highest BCUT2D eigenvalue weighted by molar-refractivity contribution is 7.22. The molecule has 4 rings (SSSR count). The van der Waals surface area contributed by atoms with E-state index in [4.69, 9.17) is 4.98 Å². The Balaban J connectivity index is 1.48. The predicted octanol–water partition coefficient (Wildman–Crippen LogP) is 3.81. The quantitative estimate of drug-likeness (QED) is 0.731. The maximum absolute atomic E-state index is 4.89. The molecule has 1 aromatic carbocycles. The fourth-order valence-electron chi connectivity index (χ4n) is 3.32. The van der Waals surface area contributed by atoms with E-state index in [9.17, 15) is 0 Å². The van der Waals surface area contributed by atoms with E-state index in [0.717, 1.165) is 26.1 Å². The van der Waals surface area contributed by atoms with Crippen LogP contribution in [0.15, 0.2) is 24.5 Å². The standard InChI is InChI=1S/C18H22N4S/c1-4-15-19-7-8-21(15)9-14-10-22(11-14)18-20-16-12(2)5-6-13(3)17(16)23-18/h5-8,14H,4,9-11H2,1-3H3. The molecule has 0 saturated carbocycles. The summed E-state index contributed by atoms with van der Waals surface area (Å²) in [5, 5.41) is 1.18. The Hall–Kier alpha value is -1.88. The second-order valence-electron chi connectivity index (χ2n) is 6.49. The molecule has 1 aliphatic rings. The molecule has 23 heavy (non-hydrogen) atoms. The lowest BCUT2D eigenvalue weighted by atomic mass is 10.0. The predicted molar refractivity (Wildman–Crippen MR) is 96.4 cm³/mol. The third-order valence-corrected chi connectivity index (χ3v) is 5.98. The van der Waals surface area contributed by atoms with Crippen molar-refractivity contribution >= 4 is 26.7 Å². The molecule has 0 amide bonds. The molecule has 0 N–H and O–H groups in total. The van der Waals surface area contributed by atoms with E-state index < -0.39 is 0 Å². The van der Waals surface area contributed by atoms with Gasteiger partial charge in [0.1, 0.15) is 5.82 Å². The third kappa shape index (κ3) is 2.53. The van der Waals surface area contributed by atoms with Crippen molar-refractivity contribution in [3.63, 3.8) is 0 Å². The third-order valence-electron chi connectivity index (χ3n) is 4.73. The number of fused-ring (bicyclic) bond motifs is 1. The van der Waals surface area contributed by atoms with Crippen LogP contribution in [0.25, 0.3) is 10.2 Å². The highest BCUT2D eigenvalue weighted by Crippen LogP contribution is 2.36. The number of rotatable bonds is 4. The van der Waals surface area contributed by atoms with Gasteiger partial charge in [0, 0.05) is 44.4 Å². The molecule has 0 aliphatic carbocycles. The number of imidazole rings is 1. The van der Waals surface area contributed by atoms with E-state index >= 15 is 0 Å². The van der Waals surface area contributed by atoms with Gasteiger partial charge in [-0.1, -0.05) is 30.4 Å². The van der Waals surface area contributed by atoms with E-state index in [2.05, 4.69) is 53.6 Å². The highest BCUT2D eigenvalue weighted by Gasteiger charge is 2.29. The topological polar surface area (TPSA) is 34.0 Å². The molecule has 3 heterocycles. The van der Waals surface area contributed by atoms with Crippen molar-refractivity contribution in [2.24, 2.45) is 5.92 Å². The summed E-state index contributed by atoms with van der Waals surface area (Å²) >= 11 is 1.84. The summed E-state index contributed by atoms with van der Waals surface area (Å²) in [7, 11) is 0. The van der Waals surface area contributed by atoms with Gasteiger partial charge < -0.3 is 9.47 Å². The number of nitrogens with zero attached hydrogens (tertiary/aromatic N) is 4. The number of benzene rings is 1. The lowest BCUT2D eigenvalue weighted by molar-refractivity contribution is 0.353. The number of thiazole rings is 1. The zero-order valence-electron chi connectivity index (χ0n) is 13.9. The van der Waals surface area contributed by atoms with Gasteiger partial charge in [0.05, 0.1) is 10.2 Å². The van der Waals surface area contributed by atoms with Gasteiger partial charge in [0.2, 0.25) is 0 Å². The van der Waals surface area contributed by atoms with Gasteiger partial charge >= 0.3 is 0 Å². The highest BCUT2D eigenvalue weighted by atomic mass is 32.1. The molecule has 3 aromatic rings. The summed E-state index contributed by atoms with van der Waals surface area (Å²) in [6.07, 6.45) is 5.01. The first-order valence-electron chi connectivity index (χ1n) is 8.27. The molecule has 0 radical (unpaired) electrons. The zero-order valence-corrected chi connectivity index (χ0v) is 14.7. The van der Waals surface area contributed by atoms with Gasteiger partial charge in [-0.25, -0.2) is 9.97 Å². The molecule has 1 fully saturated rings. The van der Waals surface area contributed by atoms with Crippen molar-refractivity contribution in [2.45, 2.75) is 33.7 Å². The zero-order chi connectivity index (χ0) is 16.0. The Labute approximate surface area is 140 Å². The first kappa shape index (κ1) is 14.7. The number of hydrogen-bond acceptors (Lipinski definition) is 4. The van der Waals surface area contributed by atoms with Crippen LogP contribution in [-0.4, -0.2) is 27.6 Å². The Kier molecular flexibility index (Phi) is 3.60. The summed E-state index contributed by atoms with van der Waals surface area (Å²) in [6.45, 7) is 9.75. The SMILES string of the molecule is CCc1nccn1CC1CN(c2nc3c(C)ccc(C)c3s2)C1. The smallest absolute Gasteiger partial charge is 0.186 e. The molecule has 0 bridgehead atoms. The van der Waals surface area contributed by atoms with Crippen molar-refractivity contribution in [1.82, 2.24) is 14.5 Å². The molecular weight excluding hydrogens is 304 g/mol. The van der Waals surface area contributed by atoms with Crippen molar-refractivity contribution in [1.29, 1.82) is 0 Å². The maximum atomic E-state index is 4.89. The van der Waals surface area contributed by atoms with Crippen LogP contribution in [0.2, 0.25) is 0 Å². The van der Waals surface area contributed by atoms with Crippen molar-refractivity contribution in [3.8, 4) is 0 Å². The van der Waals surface area contributed by atoms with E-state index in [1.54, 1.807) is 0 Å². The number of aryl methyl sites for hydroxylation is 3.